The molecule has 0 saturated carbocycles. The van der Waals surface area contributed by atoms with Crippen LogP contribution >= 0.6 is 0 Å². The molecule has 1 unspecified atom stereocenters. The van der Waals surface area contributed by atoms with Gasteiger partial charge in [0.2, 0.25) is 0 Å². The van der Waals surface area contributed by atoms with Gasteiger partial charge in [0, 0.05) is 38.0 Å². The van der Waals surface area contributed by atoms with Crippen LogP contribution < -0.4 is 11.1 Å². The minimum atomic E-state index is 0.215. The number of nitrogens with one attached hydrogen (secondary N) is 1. The average molecular weight is 527 g/mol. The molecule has 5 aromatic rings. The summed E-state index contributed by atoms with van der Waals surface area (Å²) in [6.45, 7) is 9.93. The number of aryl methyl sites for hydroxylation is 1. The highest BCUT2D eigenvalue weighted by Gasteiger charge is 2.28. The minimum Gasteiger partial charge on any atom is -0.423 e. The number of nitrogen functional groups attached to an aromatic ring is 1. The lowest BCUT2D eigenvalue weighted by Crippen LogP contribution is -2.25. The van der Waals surface area contributed by atoms with Crippen molar-refractivity contribution in [3.8, 4) is 11.3 Å². The predicted molar refractivity (Wildman–Crippen MR) is 153 cm³/mol. The summed E-state index contributed by atoms with van der Waals surface area (Å²) in [5.74, 6) is 0.775. The Bertz CT molecular complexity index is 1620. The lowest BCUT2D eigenvalue weighted by molar-refractivity contribution is 0.159. The van der Waals surface area contributed by atoms with Gasteiger partial charge in [-0.1, -0.05) is 32.0 Å². The molecule has 0 bridgehead atoms. The van der Waals surface area contributed by atoms with Crippen LogP contribution in [0.3, 0.4) is 0 Å². The average Bonchev–Trinajstić information content (AvgIpc) is 3.64. The number of oxazole rings is 1. The van der Waals surface area contributed by atoms with Crippen LogP contribution in [0.5, 0.6) is 0 Å². The molecule has 0 amide bonds. The maximum Gasteiger partial charge on any atom is 0.300 e. The number of rotatable bonds is 8. The molecule has 1 atom stereocenters. The highest BCUT2D eigenvalue weighted by atomic mass is 16.5. The molecule has 3 N–H and O–H groups in total. The zero-order valence-electron chi connectivity index (χ0n) is 22.8. The van der Waals surface area contributed by atoms with Gasteiger partial charge in [-0.05, 0) is 48.6 Å². The van der Waals surface area contributed by atoms with E-state index < -0.39 is 0 Å². The van der Waals surface area contributed by atoms with Crippen molar-refractivity contribution in [2.75, 3.05) is 44.4 Å². The molecule has 4 heterocycles. The van der Waals surface area contributed by atoms with Crippen molar-refractivity contribution in [2.45, 2.75) is 39.2 Å². The summed E-state index contributed by atoms with van der Waals surface area (Å²) in [4.78, 5) is 15.9. The first-order chi connectivity index (χ1) is 18.9. The van der Waals surface area contributed by atoms with Crippen molar-refractivity contribution in [3.05, 3.63) is 53.9 Å². The molecule has 202 valence electrons. The molecule has 0 aliphatic carbocycles. The molecule has 0 radical (unpaired) electrons. The first-order valence-corrected chi connectivity index (χ1v) is 13.4. The summed E-state index contributed by atoms with van der Waals surface area (Å²) in [5.41, 5.74) is 13.7. The van der Waals surface area contributed by atoms with Crippen LogP contribution in [0.2, 0.25) is 0 Å². The van der Waals surface area contributed by atoms with E-state index in [1.165, 1.54) is 11.9 Å². The largest absolute Gasteiger partial charge is 0.423 e. The second-order valence-corrected chi connectivity index (χ2v) is 10.6. The van der Waals surface area contributed by atoms with Gasteiger partial charge in [-0.3, -0.25) is 4.90 Å². The first kappa shape index (κ1) is 25.3. The van der Waals surface area contributed by atoms with Crippen LogP contribution in [-0.4, -0.2) is 63.0 Å². The van der Waals surface area contributed by atoms with Gasteiger partial charge < -0.3 is 20.2 Å². The van der Waals surface area contributed by atoms with Crippen LogP contribution in [0.1, 0.15) is 43.4 Å². The van der Waals surface area contributed by atoms with E-state index in [4.69, 9.17) is 20.0 Å². The minimum absolute atomic E-state index is 0.215. The second kappa shape index (κ2) is 10.3. The molecule has 1 aliphatic rings. The van der Waals surface area contributed by atoms with E-state index in [9.17, 15) is 0 Å². The fraction of sp³-hybridized carbons (Fsp3) is 0.379. The van der Waals surface area contributed by atoms with Gasteiger partial charge in [-0.2, -0.15) is 10.1 Å². The van der Waals surface area contributed by atoms with Crippen LogP contribution in [0.15, 0.2) is 47.1 Å². The first-order valence-electron chi connectivity index (χ1n) is 13.4. The summed E-state index contributed by atoms with van der Waals surface area (Å²) < 4.78 is 13.4. The van der Waals surface area contributed by atoms with E-state index in [1.54, 1.807) is 7.11 Å². The predicted octanol–water partition coefficient (Wildman–Crippen LogP) is 5.29. The number of ether oxygens (including phenoxy) is 1. The van der Waals surface area contributed by atoms with Gasteiger partial charge in [0.15, 0.2) is 11.2 Å². The molecule has 1 fully saturated rings. The second-order valence-electron chi connectivity index (χ2n) is 10.6. The molecule has 6 rings (SSSR count). The van der Waals surface area contributed by atoms with Crippen LogP contribution in [0.4, 0.5) is 17.5 Å². The highest BCUT2D eigenvalue weighted by molar-refractivity contribution is 5.98. The number of hydrogen-bond acceptors (Lipinski definition) is 9. The molecule has 3 aromatic heterocycles. The number of likely N-dealkylation sites (tertiary alicyclic amines) is 1. The van der Waals surface area contributed by atoms with E-state index in [2.05, 4.69) is 52.0 Å². The molecule has 1 saturated heterocycles. The molecule has 10 nitrogen and oxygen atoms in total. The van der Waals surface area contributed by atoms with Crippen molar-refractivity contribution < 1.29 is 9.15 Å². The number of benzene rings is 2. The van der Waals surface area contributed by atoms with Gasteiger partial charge in [0.1, 0.15) is 23.4 Å². The molecule has 1 aliphatic heterocycles. The number of nitrogens with zero attached hydrogens (tertiary/aromatic N) is 6. The zero-order chi connectivity index (χ0) is 27.1. The Hall–Kier alpha value is -4.02. The van der Waals surface area contributed by atoms with Gasteiger partial charge in [0.25, 0.3) is 6.01 Å². The third-order valence-electron chi connectivity index (χ3n) is 7.42. The molecular weight excluding hydrogens is 492 g/mol. The summed E-state index contributed by atoms with van der Waals surface area (Å²) in [6, 6.07) is 12.9. The Balaban J connectivity index is 1.28. The summed E-state index contributed by atoms with van der Waals surface area (Å²) in [5, 5.41) is 9.11. The fourth-order valence-corrected chi connectivity index (χ4v) is 5.41. The molecular formula is C29H34N8O2. The van der Waals surface area contributed by atoms with Crippen molar-refractivity contribution in [1.82, 2.24) is 29.6 Å². The van der Waals surface area contributed by atoms with Crippen LogP contribution in [0.25, 0.3) is 33.4 Å². The summed E-state index contributed by atoms with van der Waals surface area (Å²) in [6.07, 6.45) is 2.51. The van der Waals surface area contributed by atoms with Crippen molar-refractivity contribution >= 4 is 39.7 Å². The van der Waals surface area contributed by atoms with Crippen molar-refractivity contribution in [2.24, 2.45) is 0 Å². The number of fused-ring (bicyclic) bond motifs is 2. The maximum atomic E-state index is 6.35. The smallest absolute Gasteiger partial charge is 0.300 e. The van der Waals surface area contributed by atoms with Gasteiger partial charge in [-0.25, -0.2) is 14.6 Å². The Morgan fingerprint density at radius 1 is 1.18 bits per heavy atom. The third kappa shape index (κ3) is 4.81. The third-order valence-corrected chi connectivity index (χ3v) is 7.42. The van der Waals surface area contributed by atoms with E-state index in [1.807, 2.05) is 35.0 Å². The standard InChI is InChI=1S/C29H34N8O2/c1-17(2)22-13-18(3)14-23-26(22)39-29(34-23)33-20-7-5-19(6-8-20)25-24-27(30)31-16-32-28(24)37(35-25)21-9-10-36(15-21)11-12-38-4/h5-8,13-14,16-17,21H,9-12,15H2,1-4H3,(H,33,34)(H2,30,31,32). The maximum absolute atomic E-state index is 6.35. The Labute approximate surface area is 227 Å². The number of hydrogen-bond donors (Lipinski definition) is 2. The Morgan fingerprint density at radius 2 is 2.00 bits per heavy atom. The fourth-order valence-electron chi connectivity index (χ4n) is 5.41. The zero-order valence-corrected chi connectivity index (χ0v) is 22.8. The van der Waals surface area contributed by atoms with E-state index in [-0.39, 0.29) is 6.04 Å². The monoisotopic (exact) mass is 526 g/mol. The molecule has 10 heteroatoms. The quantitative estimate of drug-likeness (QED) is 0.278. The van der Waals surface area contributed by atoms with Gasteiger partial charge in [0.05, 0.1) is 18.0 Å². The molecule has 39 heavy (non-hydrogen) atoms. The number of anilines is 3. The topological polar surface area (TPSA) is 120 Å². The van der Waals surface area contributed by atoms with Crippen LogP contribution in [0, 0.1) is 6.92 Å². The van der Waals surface area contributed by atoms with E-state index in [0.29, 0.717) is 17.8 Å². The number of methoxy groups -OCH3 is 1. The summed E-state index contributed by atoms with van der Waals surface area (Å²) >= 11 is 0. The van der Waals surface area contributed by atoms with Gasteiger partial charge in [-0.15, -0.1) is 0 Å². The SMILES string of the molecule is COCCN1CCC(n2nc(-c3ccc(Nc4nc5cc(C)cc(C(C)C)c5o4)cc3)c3c(N)ncnc32)C1. The highest BCUT2D eigenvalue weighted by Crippen LogP contribution is 2.35. The number of aromatic nitrogens is 5. The Morgan fingerprint density at radius 3 is 2.77 bits per heavy atom. The van der Waals surface area contributed by atoms with Crippen molar-refractivity contribution in [1.29, 1.82) is 0 Å². The van der Waals surface area contributed by atoms with Gasteiger partial charge >= 0.3 is 0 Å². The molecule has 0 spiro atoms. The molecule has 2 aromatic carbocycles. The van der Waals surface area contributed by atoms with Crippen molar-refractivity contribution in [3.63, 3.8) is 0 Å². The number of nitrogens with two attached hydrogens (primary N) is 1. The van der Waals surface area contributed by atoms with E-state index >= 15 is 0 Å². The van der Waals surface area contributed by atoms with E-state index in [0.717, 1.165) is 77.3 Å². The van der Waals surface area contributed by atoms with Crippen LogP contribution in [-0.2, 0) is 4.74 Å². The summed E-state index contributed by atoms with van der Waals surface area (Å²) in [7, 11) is 1.73. The normalized spacial score (nSPS) is 16.2. The Kier molecular flexibility index (Phi) is 6.66. The lowest BCUT2D eigenvalue weighted by Gasteiger charge is -2.15. The lowest BCUT2D eigenvalue weighted by atomic mass is 10.00.